The number of fused-ring (bicyclic) bond motifs is 1. The first-order chi connectivity index (χ1) is 12.8. The molecule has 27 heavy (non-hydrogen) atoms. The van der Waals surface area contributed by atoms with Crippen molar-refractivity contribution >= 4 is 23.4 Å². The zero-order valence-electron chi connectivity index (χ0n) is 16.3. The van der Waals surface area contributed by atoms with E-state index in [1.807, 2.05) is 69.1 Å². The molecule has 2 aliphatic carbocycles. The van der Waals surface area contributed by atoms with E-state index in [0.29, 0.717) is 11.9 Å². The Kier molecular flexibility index (Phi) is 4.09. The van der Waals surface area contributed by atoms with Gasteiger partial charge in [0.25, 0.3) is 0 Å². The summed E-state index contributed by atoms with van der Waals surface area (Å²) < 4.78 is 5.58. The highest BCUT2D eigenvalue weighted by Crippen LogP contribution is 2.68. The molecule has 1 aromatic carbocycles. The number of benzene rings is 1. The second-order valence-corrected chi connectivity index (χ2v) is 8.56. The molecule has 0 radical (unpaired) electrons. The van der Waals surface area contributed by atoms with Crippen LogP contribution in [0.3, 0.4) is 0 Å². The number of carbonyl (C=O) groups is 1. The second kappa shape index (κ2) is 6.22. The minimum Gasteiger partial charge on any atom is -0.460 e. The maximum Gasteiger partial charge on any atom is 0.313 e. The van der Waals surface area contributed by atoms with Crippen LogP contribution < -0.4 is 10.2 Å². The Morgan fingerprint density at radius 1 is 1.22 bits per heavy atom. The van der Waals surface area contributed by atoms with Crippen molar-refractivity contribution in [1.82, 2.24) is 9.97 Å². The van der Waals surface area contributed by atoms with Crippen LogP contribution in [-0.4, -0.2) is 34.6 Å². The molecule has 6 heteroatoms. The fourth-order valence-electron chi connectivity index (χ4n) is 3.87. The molecule has 4 rings (SSSR count). The Bertz CT molecular complexity index is 849. The Balaban J connectivity index is 1.39. The Hall–Kier alpha value is -2.63. The molecular weight excluding hydrogens is 340 g/mol. The van der Waals surface area contributed by atoms with Gasteiger partial charge in [-0.2, -0.15) is 4.98 Å². The summed E-state index contributed by atoms with van der Waals surface area (Å²) in [5, 5.41) is 3.40. The molecule has 0 bridgehead atoms. The average Bonchev–Trinajstić information content (AvgIpc) is 3.25. The van der Waals surface area contributed by atoms with Crippen LogP contribution in [-0.2, 0) is 9.53 Å². The van der Waals surface area contributed by atoms with Crippen LogP contribution in [0.15, 0.2) is 42.6 Å². The lowest BCUT2D eigenvalue weighted by Crippen LogP contribution is -2.44. The molecule has 2 saturated carbocycles. The van der Waals surface area contributed by atoms with E-state index in [1.165, 1.54) is 0 Å². The largest absolute Gasteiger partial charge is 0.460 e. The van der Waals surface area contributed by atoms with E-state index in [-0.39, 0.29) is 17.4 Å². The Labute approximate surface area is 160 Å². The van der Waals surface area contributed by atoms with Gasteiger partial charge in [-0.1, -0.05) is 18.2 Å². The summed E-state index contributed by atoms with van der Waals surface area (Å²) in [4.78, 5) is 23.4. The zero-order valence-corrected chi connectivity index (χ0v) is 16.3. The van der Waals surface area contributed by atoms with Crippen molar-refractivity contribution in [2.24, 2.45) is 11.3 Å². The first kappa shape index (κ1) is 17.8. The van der Waals surface area contributed by atoms with E-state index in [2.05, 4.69) is 15.3 Å². The highest BCUT2D eigenvalue weighted by Gasteiger charge is 2.73. The number of esters is 1. The Morgan fingerprint density at radius 3 is 2.63 bits per heavy atom. The van der Waals surface area contributed by atoms with Crippen molar-refractivity contribution < 1.29 is 9.53 Å². The number of nitrogens with zero attached hydrogens (tertiary/aromatic N) is 3. The van der Waals surface area contributed by atoms with Crippen LogP contribution in [0.25, 0.3) is 0 Å². The van der Waals surface area contributed by atoms with Gasteiger partial charge >= 0.3 is 5.97 Å². The lowest BCUT2D eigenvalue weighted by atomic mass is 9.80. The summed E-state index contributed by atoms with van der Waals surface area (Å²) in [5.74, 6) is 1.69. The van der Waals surface area contributed by atoms with E-state index in [1.54, 1.807) is 6.20 Å². The summed E-state index contributed by atoms with van der Waals surface area (Å²) in [6, 6.07) is 12.2. The SMILES string of the molecule is CN(c1ccccc1)c1ccnc(N[C@@H]2C[C@@]3(C(=O)OC(C)(C)C)C[C@@H]23)n1. The van der Waals surface area contributed by atoms with Gasteiger partial charge in [0, 0.05) is 25.0 Å². The molecule has 0 aliphatic heterocycles. The quantitative estimate of drug-likeness (QED) is 0.813. The molecule has 2 fully saturated rings. The molecule has 2 aromatic rings. The molecule has 1 N–H and O–H groups in total. The summed E-state index contributed by atoms with van der Waals surface area (Å²) in [7, 11) is 1.99. The molecule has 6 nitrogen and oxygen atoms in total. The van der Waals surface area contributed by atoms with Gasteiger partial charge in [-0.25, -0.2) is 4.98 Å². The highest BCUT2D eigenvalue weighted by atomic mass is 16.6. The lowest BCUT2D eigenvalue weighted by molar-refractivity contribution is -0.165. The first-order valence-corrected chi connectivity index (χ1v) is 9.40. The van der Waals surface area contributed by atoms with Crippen LogP contribution >= 0.6 is 0 Å². The minimum absolute atomic E-state index is 0.0588. The minimum atomic E-state index is -0.434. The van der Waals surface area contributed by atoms with Crippen molar-refractivity contribution in [2.75, 3.05) is 17.3 Å². The van der Waals surface area contributed by atoms with Gasteiger partial charge in [-0.05, 0) is 57.7 Å². The van der Waals surface area contributed by atoms with Gasteiger partial charge < -0.3 is 15.0 Å². The number of carbonyl (C=O) groups excluding carboxylic acids is 1. The molecule has 1 aromatic heterocycles. The van der Waals surface area contributed by atoms with Gasteiger partial charge in [-0.3, -0.25) is 4.79 Å². The summed E-state index contributed by atoms with van der Waals surface area (Å²) in [5.41, 5.74) is 0.359. The van der Waals surface area contributed by atoms with E-state index >= 15 is 0 Å². The first-order valence-electron chi connectivity index (χ1n) is 9.40. The van der Waals surface area contributed by atoms with Crippen molar-refractivity contribution in [1.29, 1.82) is 0 Å². The third-order valence-corrected chi connectivity index (χ3v) is 5.45. The number of para-hydroxylation sites is 1. The van der Waals surface area contributed by atoms with E-state index in [0.717, 1.165) is 24.3 Å². The van der Waals surface area contributed by atoms with Crippen LogP contribution in [0.1, 0.15) is 33.6 Å². The highest BCUT2D eigenvalue weighted by molar-refractivity contribution is 5.83. The molecule has 0 saturated heterocycles. The molecular formula is C21H26N4O2. The number of anilines is 3. The van der Waals surface area contributed by atoms with Crippen molar-refractivity contribution in [3.05, 3.63) is 42.6 Å². The monoisotopic (exact) mass is 366 g/mol. The predicted molar refractivity (Wildman–Crippen MR) is 105 cm³/mol. The fraction of sp³-hybridized carbons (Fsp3) is 0.476. The number of rotatable bonds is 5. The van der Waals surface area contributed by atoms with Gasteiger partial charge in [-0.15, -0.1) is 0 Å². The van der Waals surface area contributed by atoms with Crippen LogP contribution in [0.4, 0.5) is 17.5 Å². The van der Waals surface area contributed by atoms with E-state index in [9.17, 15) is 4.79 Å². The average molecular weight is 366 g/mol. The third kappa shape index (κ3) is 3.36. The third-order valence-electron chi connectivity index (χ3n) is 5.45. The lowest BCUT2D eigenvalue weighted by Gasteiger charge is -2.35. The van der Waals surface area contributed by atoms with E-state index in [4.69, 9.17) is 4.74 Å². The van der Waals surface area contributed by atoms with E-state index < -0.39 is 5.60 Å². The smallest absolute Gasteiger partial charge is 0.313 e. The molecule has 0 spiro atoms. The van der Waals surface area contributed by atoms with Crippen LogP contribution in [0, 0.1) is 11.3 Å². The number of hydrogen-bond acceptors (Lipinski definition) is 6. The fourth-order valence-corrected chi connectivity index (χ4v) is 3.87. The van der Waals surface area contributed by atoms with Crippen molar-refractivity contribution in [3.63, 3.8) is 0 Å². The van der Waals surface area contributed by atoms with Crippen molar-refractivity contribution in [3.8, 4) is 0 Å². The van der Waals surface area contributed by atoms with Gasteiger partial charge in [0.2, 0.25) is 5.95 Å². The second-order valence-electron chi connectivity index (χ2n) is 8.56. The van der Waals surface area contributed by atoms with Gasteiger partial charge in [0.05, 0.1) is 5.41 Å². The van der Waals surface area contributed by atoms with Crippen LogP contribution in [0.5, 0.6) is 0 Å². The molecule has 3 atom stereocenters. The maximum absolute atomic E-state index is 12.4. The summed E-state index contributed by atoms with van der Waals surface area (Å²) >= 11 is 0. The molecule has 142 valence electrons. The van der Waals surface area contributed by atoms with Gasteiger partial charge in [0.15, 0.2) is 0 Å². The molecule has 0 unspecified atom stereocenters. The van der Waals surface area contributed by atoms with Gasteiger partial charge in [0.1, 0.15) is 11.4 Å². The van der Waals surface area contributed by atoms with Crippen molar-refractivity contribution in [2.45, 2.75) is 45.3 Å². The Morgan fingerprint density at radius 2 is 1.96 bits per heavy atom. The number of ether oxygens (including phenoxy) is 1. The maximum atomic E-state index is 12.4. The number of aromatic nitrogens is 2. The number of nitrogens with one attached hydrogen (secondary N) is 1. The molecule has 1 heterocycles. The summed E-state index contributed by atoms with van der Waals surface area (Å²) in [6.07, 6.45) is 3.44. The zero-order chi connectivity index (χ0) is 19.2. The molecule has 0 amide bonds. The molecule has 2 aliphatic rings. The predicted octanol–water partition coefficient (Wildman–Crippen LogP) is 3.78. The topological polar surface area (TPSA) is 67.4 Å². The number of hydrogen-bond donors (Lipinski definition) is 1. The summed E-state index contributed by atoms with van der Waals surface area (Å²) in [6.45, 7) is 5.74. The van der Waals surface area contributed by atoms with Crippen LogP contribution in [0.2, 0.25) is 0 Å². The normalized spacial score (nSPS) is 25.8. The standard InChI is InChI=1S/C21H26N4O2/c1-20(2,3)27-18(26)21-12-15(21)16(13-21)23-19-22-11-10-17(24-19)25(4)14-8-6-5-7-9-14/h5-11,15-16H,12-13H2,1-4H3,(H,22,23,24)/t15-,16+,21-/m0/s1.